The summed E-state index contributed by atoms with van der Waals surface area (Å²) in [5.74, 6) is 1.01. The van der Waals surface area contributed by atoms with E-state index in [0.29, 0.717) is 23.0 Å². The van der Waals surface area contributed by atoms with Crippen LogP contribution in [0, 0.1) is 0 Å². The van der Waals surface area contributed by atoms with Gasteiger partial charge in [0.25, 0.3) is 5.91 Å². The maximum absolute atomic E-state index is 12.2. The minimum Gasteiger partial charge on any atom is -0.496 e. The SMILES string of the molecule is COc1ccccc1C(=O)NCc1nc(-c2ccncc2)no1. The largest absolute Gasteiger partial charge is 0.496 e. The van der Waals surface area contributed by atoms with Gasteiger partial charge in [0.2, 0.25) is 11.7 Å². The minimum absolute atomic E-state index is 0.134. The fourth-order valence-corrected chi connectivity index (χ4v) is 2.03. The lowest BCUT2D eigenvalue weighted by molar-refractivity contribution is 0.0943. The summed E-state index contributed by atoms with van der Waals surface area (Å²) in [7, 11) is 1.52. The maximum Gasteiger partial charge on any atom is 0.255 e. The Morgan fingerprint density at radius 3 is 2.78 bits per heavy atom. The second-order valence-electron chi connectivity index (χ2n) is 4.63. The van der Waals surface area contributed by atoms with Gasteiger partial charge in [-0.3, -0.25) is 9.78 Å². The van der Waals surface area contributed by atoms with Gasteiger partial charge in [0, 0.05) is 18.0 Å². The number of para-hydroxylation sites is 1. The number of aromatic nitrogens is 3. The molecule has 1 amide bonds. The summed E-state index contributed by atoms with van der Waals surface area (Å²) in [4.78, 5) is 20.4. The Bertz CT molecular complexity index is 802. The first-order valence-electron chi connectivity index (χ1n) is 6.92. The Kier molecular flexibility index (Phi) is 4.28. The third-order valence-electron chi connectivity index (χ3n) is 3.16. The van der Waals surface area contributed by atoms with Crippen LogP contribution >= 0.6 is 0 Å². The molecule has 0 radical (unpaired) electrons. The molecule has 0 saturated heterocycles. The van der Waals surface area contributed by atoms with Gasteiger partial charge in [-0.25, -0.2) is 0 Å². The standard InChI is InChI=1S/C16H14N4O3/c1-22-13-5-3-2-4-12(13)16(21)18-10-14-19-15(20-23-14)11-6-8-17-9-7-11/h2-9H,10H2,1H3,(H,18,21). The van der Waals surface area contributed by atoms with Gasteiger partial charge in [0.1, 0.15) is 5.75 Å². The lowest BCUT2D eigenvalue weighted by atomic mass is 10.2. The van der Waals surface area contributed by atoms with Crippen molar-refractivity contribution in [3.63, 3.8) is 0 Å². The number of nitrogens with zero attached hydrogens (tertiary/aromatic N) is 3. The molecule has 0 atom stereocenters. The molecule has 2 heterocycles. The molecule has 3 rings (SSSR count). The number of amides is 1. The van der Waals surface area contributed by atoms with Crippen molar-refractivity contribution in [2.75, 3.05) is 7.11 Å². The van der Waals surface area contributed by atoms with E-state index in [2.05, 4.69) is 20.4 Å². The molecular weight excluding hydrogens is 296 g/mol. The number of ether oxygens (including phenoxy) is 1. The lowest BCUT2D eigenvalue weighted by Gasteiger charge is -2.07. The van der Waals surface area contributed by atoms with Gasteiger partial charge in [-0.1, -0.05) is 17.3 Å². The van der Waals surface area contributed by atoms with Gasteiger partial charge >= 0.3 is 0 Å². The summed E-state index contributed by atoms with van der Waals surface area (Å²) in [6.45, 7) is 0.134. The van der Waals surface area contributed by atoms with Crippen LogP contribution in [0.1, 0.15) is 16.2 Å². The first-order valence-corrected chi connectivity index (χ1v) is 6.92. The third kappa shape index (κ3) is 3.34. The minimum atomic E-state index is -0.272. The van der Waals surface area contributed by atoms with E-state index < -0.39 is 0 Å². The summed E-state index contributed by atoms with van der Waals surface area (Å²) < 4.78 is 10.3. The van der Waals surface area contributed by atoms with Crippen molar-refractivity contribution in [2.24, 2.45) is 0 Å². The molecule has 7 heteroatoms. The number of benzene rings is 1. The molecule has 2 aromatic heterocycles. The lowest BCUT2D eigenvalue weighted by Crippen LogP contribution is -2.23. The molecule has 116 valence electrons. The molecule has 0 spiro atoms. The summed E-state index contributed by atoms with van der Waals surface area (Å²) in [5.41, 5.74) is 1.25. The predicted octanol–water partition coefficient (Wildman–Crippen LogP) is 2.07. The van der Waals surface area contributed by atoms with Crippen LogP contribution in [-0.2, 0) is 6.54 Å². The highest BCUT2D eigenvalue weighted by atomic mass is 16.5. The zero-order valence-corrected chi connectivity index (χ0v) is 12.4. The fourth-order valence-electron chi connectivity index (χ4n) is 2.03. The van der Waals surface area contributed by atoms with Crippen LogP contribution in [-0.4, -0.2) is 28.1 Å². The number of pyridine rings is 1. The second-order valence-corrected chi connectivity index (χ2v) is 4.63. The van der Waals surface area contributed by atoms with E-state index in [4.69, 9.17) is 9.26 Å². The van der Waals surface area contributed by atoms with E-state index in [1.807, 2.05) is 0 Å². The van der Waals surface area contributed by atoms with Crippen molar-refractivity contribution in [1.29, 1.82) is 0 Å². The van der Waals surface area contributed by atoms with Crippen LogP contribution in [0.4, 0.5) is 0 Å². The van der Waals surface area contributed by atoms with E-state index >= 15 is 0 Å². The molecule has 3 aromatic rings. The first-order chi connectivity index (χ1) is 11.3. The average molecular weight is 310 g/mol. The molecular formula is C16H14N4O3. The van der Waals surface area contributed by atoms with E-state index in [9.17, 15) is 4.79 Å². The van der Waals surface area contributed by atoms with Crippen molar-refractivity contribution >= 4 is 5.91 Å². The number of carbonyl (C=O) groups excluding carboxylic acids is 1. The fraction of sp³-hybridized carbons (Fsp3) is 0.125. The zero-order valence-electron chi connectivity index (χ0n) is 12.4. The number of carbonyl (C=O) groups is 1. The molecule has 0 aliphatic carbocycles. The Hall–Kier alpha value is -3.22. The van der Waals surface area contributed by atoms with Crippen LogP contribution in [0.25, 0.3) is 11.4 Å². The highest BCUT2D eigenvalue weighted by Crippen LogP contribution is 2.17. The van der Waals surface area contributed by atoms with Gasteiger partial charge in [-0.2, -0.15) is 4.98 Å². The van der Waals surface area contributed by atoms with Gasteiger partial charge in [-0.15, -0.1) is 0 Å². The van der Waals surface area contributed by atoms with Crippen LogP contribution in [0.15, 0.2) is 53.3 Å². The predicted molar refractivity (Wildman–Crippen MR) is 81.7 cm³/mol. The number of hydrogen-bond acceptors (Lipinski definition) is 6. The molecule has 1 aromatic carbocycles. The summed E-state index contributed by atoms with van der Waals surface area (Å²) >= 11 is 0. The Labute approximate surface area is 132 Å². The van der Waals surface area contributed by atoms with Gasteiger partial charge < -0.3 is 14.6 Å². The summed E-state index contributed by atoms with van der Waals surface area (Å²) in [6, 6.07) is 10.5. The van der Waals surface area contributed by atoms with Crippen molar-refractivity contribution < 1.29 is 14.1 Å². The van der Waals surface area contributed by atoms with Crippen molar-refractivity contribution in [3.05, 3.63) is 60.2 Å². The molecule has 0 bridgehead atoms. The first kappa shape index (κ1) is 14.7. The molecule has 0 aliphatic heterocycles. The van der Waals surface area contributed by atoms with Crippen LogP contribution < -0.4 is 10.1 Å². The highest BCUT2D eigenvalue weighted by Gasteiger charge is 2.13. The number of rotatable bonds is 5. The number of nitrogens with one attached hydrogen (secondary N) is 1. The molecule has 7 nitrogen and oxygen atoms in total. The van der Waals surface area contributed by atoms with E-state index in [1.54, 1.807) is 48.8 Å². The number of hydrogen-bond donors (Lipinski definition) is 1. The Morgan fingerprint density at radius 1 is 1.22 bits per heavy atom. The van der Waals surface area contributed by atoms with Crippen molar-refractivity contribution in [3.8, 4) is 17.1 Å². The maximum atomic E-state index is 12.2. The molecule has 23 heavy (non-hydrogen) atoms. The number of methoxy groups -OCH3 is 1. The van der Waals surface area contributed by atoms with Crippen molar-refractivity contribution in [2.45, 2.75) is 6.54 Å². The van der Waals surface area contributed by atoms with E-state index in [1.165, 1.54) is 7.11 Å². The Morgan fingerprint density at radius 2 is 2.00 bits per heavy atom. The van der Waals surface area contributed by atoms with Gasteiger partial charge in [0.15, 0.2) is 0 Å². The van der Waals surface area contributed by atoms with Gasteiger partial charge in [-0.05, 0) is 24.3 Å². The van der Waals surface area contributed by atoms with E-state index in [0.717, 1.165) is 5.56 Å². The summed E-state index contributed by atoms with van der Waals surface area (Å²) in [5, 5.41) is 6.61. The van der Waals surface area contributed by atoms with Crippen LogP contribution in [0.2, 0.25) is 0 Å². The third-order valence-corrected chi connectivity index (χ3v) is 3.16. The summed E-state index contributed by atoms with van der Waals surface area (Å²) in [6.07, 6.45) is 3.30. The smallest absolute Gasteiger partial charge is 0.255 e. The molecule has 0 aliphatic rings. The van der Waals surface area contributed by atoms with Crippen LogP contribution in [0.3, 0.4) is 0 Å². The zero-order chi connectivity index (χ0) is 16.1. The van der Waals surface area contributed by atoms with E-state index in [-0.39, 0.29) is 12.5 Å². The average Bonchev–Trinajstić information content (AvgIpc) is 3.09. The normalized spacial score (nSPS) is 10.3. The van der Waals surface area contributed by atoms with Crippen LogP contribution in [0.5, 0.6) is 5.75 Å². The quantitative estimate of drug-likeness (QED) is 0.776. The monoisotopic (exact) mass is 310 g/mol. The molecule has 0 saturated carbocycles. The highest BCUT2D eigenvalue weighted by molar-refractivity contribution is 5.96. The van der Waals surface area contributed by atoms with Gasteiger partial charge in [0.05, 0.1) is 19.2 Å². The molecule has 1 N–H and O–H groups in total. The Balaban J connectivity index is 1.67. The molecule has 0 unspecified atom stereocenters. The second kappa shape index (κ2) is 6.69. The topological polar surface area (TPSA) is 90.1 Å². The molecule has 0 fully saturated rings. The van der Waals surface area contributed by atoms with Crippen molar-refractivity contribution in [1.82, 2.24) is 20.4 Å².